The summed E-state index contributed by atoms with van der Waals surface area (Å²) in [6.07, 6.45) is 0.126. The number of hydrogen-bond acceptors (Lipinski definition) is 18. The molecule has 0 saturated carbocycles. The first kappa shape index (κ1) is 67.5. The number of guanidine groups is 3. The second-order valence-electron chi connectivity index (χ2n) is 20.2. The van der Waals surface area contributed by atoms with Gasteiger partial charge < -0.3 is 102 Å². The number of aliphatic hydroxyl groups excluding tert-OH is 2. The molecule has 85 heavy (non-hydrogen) atoms. The van der Waals surface area contributed by atoms with Gasteiger partial charge in [-0.2, -0.15) is 0 Å². The molecule has 34 heteroatoms. The predicted molar refractivity (Wildman–Crippen MR) is 313 cm³/mol. The highest BCUT2D eigenvalue weighted by molar-refractivity contribution is 7.99. The van der Waals surface area contributed by atoms with Crippen molar-refractivity contribution < 1.29 is 63.3 Å². The van der Waals surface area contributed by atoms with Gasteiger partial charge in [0.1, 0.15) is 48.8 Å². The summed E-state index contributed by atoms with van der Waals surface area (Å²) in [6, 6.07) is -0.417. The van der Waals surface area contributed by atoms with Crippen LogP contribution in [-0.2, 0) is 54.4 Å². The van der Waals surface area contributed by atoms with Gasteiger partial charge in [0.05, 0.1) is 31.0 Å². The van der Waals surface area contributed by atoms with E-state index in [9.17, 15) is 63.3 Å². The monoisotopic (exact) mass is 1230 g/mol. The highest BCUT2D eigenvalue weighted by Gasteiger charge is 2.46. The zero-order valence-corrected chi connectivity index (χ0v) is 48.3. The number of thioether (sulfide) groups is 1. The Bertz CT molecular complexity index is 2780. The molecule has 5 rings (SSSR count). The third kappa shape index (κ3) is 20.7. The number of aliphatic carboxylic acids is 1. The van der Waals surface area contributed by atoms with Gasteiger partial charge in [0.2, 0.25) is 47.3 Å². The highest BCUT2D eigenvalue weighted by atomic mass is 32.2. The molecule has 0 spiro atoms. The molecule has 466 valence electrons. The lowest BCUT2D eigenvalue weighted by atomic mass is 10.1. The van der Waals surface area contributed by atoms with Crippen LogP contribution in [0.4, 0.5) is 5.69 Å². The fourth-order valence-corrected chi connectivity index (χ4v) is 11.4. The molecule has 23 N–H and O–H groups in total. The number of nitrogens with one attached hydrogen (secondary N) is 6. The minimum Gasteiger partial charge on any atom is -0.480 e. The SMILES string of the molecule is NC(N)=NCCC[C@@H](N)C(=O)N[C@@H](CCCN=C(N)N)C(=O)N1CCC[C@H]1C(=O)N1CC(O)C[C@H]1C(=O)NCC(=O)N[C@@H](Cc1cccs1)C(=O)N[C@@H](CO)C(=O)N[C@H]1CSc2ccccc2N(CC(=O)N[C@@H](CCCN=C(N)N)C(=O)O)C1=O. The average Bonchev–Trinajstić information content (AvgIpc) is 2.96. The van der Waals surface area contributed by atoms with Crippen molar-refractivity contribution in [2.75, 3.05) is 63.1 Å². The Balaban J connectivity index is 1.22. The van der Waals surface area contributed by atoms with Gasteiger partial charge in [-0.05, 0) is 74.9 Å². The van der Waals surface area contributed by atoms with Crippen molar-refractivity contribution in [3.63, 3.8) is 0 Å². The van der Waals surface area contributed by atoms with Crippen molar-refractivity contribution >= 4 is 106 Å². The number of carbonyl (C=O) groups is 10. The molecule has 4 heterocycles. The summed E-state index contributed by atoms with van der Waals surface area (Å²) >= 11 is 2.42. The summed E-state index contributed by atoms with van der Waals surface area (Å²) in [7, 11) is 0. The quantitative estimate of drug-likeness (QED) is 0.0190. The van der Waals surface area contributed by atoms with Crippen LogP contribution < -0.4 is 76.9 Å². The molecule has 2 aromatic rings. The van der Waals surface area contributed by atoms with E-state index in [2.05, 4.69) is 46.9 Å². The molecule has 0 aliphatic carbocycles. The zero-order chi connectivity index (χ0) is 62.3. The van der Waals surface area contributed by atoms with Gasteiger partial charge in [-0.3, -0.25) is 58.1 Å². The molecule has 32 nitrogen and oxygen atoms in total. The summed E-state index contributed by atoms with van der Waals surface area (Å²) in [5.41, 5.74) is 38.8. The molecule has 3 aliphatic heterocycles. The molecule has 0 radical (unpaired) electrons. The maximum absolute atomic E-state index is 14.3. The fraction of sp³-hybridized carbons (Fsp3) is 0.549. The smallest absolute Gasteiger partial charge is 0.326 e. The van der Waals surface area contributed by atoms with Gasteiger partial charge in [-0.25, -0.2) is 4.79 Å². The number of aliphatic imine (C=N–C) groups is 3. The number of carboxylic acids is 1. The normalized spacial score (nSPS) is 19.0. The van der Waals surface area contributed by atoms with Gasteiger partial charge >= 0.3 is 5.97 Å². The number of fused-ring (bicyclic) bond motifs is 1. The van der Waals surface area contributed by atoms with Crippen LogP contribution in [0.15, 0.2) is 61.7 Å². The lowest BCUT2D eigenvalue weighted by Crippen LogP contribution is -2.59. The molecule has 9 atom stereocenters. The second-order valence-corrected chi connectivity index (χ2v) is 22.3. The van der Waals surface area contributed by atoms with E-state index in [4.69, 9.17) is 40.1 Å². The van der Waals surface area contributed by atoms with E-state index in [1.165, 1.54) is 28.0 Å². The van der Waals surface area contributed by atoms with Crippen LogP contribution in [0.3, 0.4) is 0 Å². The van der Waals surface area contributed by atoms with Gasteiger partial charge in [-0.15, -0.1) is 23.1 Å². The molecular weight excluding hydrogens is 1150 g/mol. The van der Waals surface area contributed by atoms with Gasteiger partial charge in [0.15, 0.2) is 17.9 Å². The number of anilines is 1. The second kappa shape index (κ2) is 33.2. The van der Waals surface area contributed by atoms with Crippen molar-refractivity contribution in [3.05, 3.63) is 46.7 Å². The largest absolute Gasteiger partial charge is 0.480 e. The summed E-state index contributed by atoms with van der Waals surface area (Å²) in [5, 5.41) is 47.8. The molecular formula is C51H77N19O13S2. The number of para-hydroxylation sites is 1. The third-order valence-corrected chi connectivity index (χ3v) is 15.8. The number of amides is 9. The number of aliphatic hydroxyl groups is 2. The van der Waals surface area contributed by atoms with Crippen LogP contribution in [0, 0.1) is 0 Å². The Labute approximate surface area is 497 Å². The lowest BCUT2D eigenvalue weighted by Gasteiger charge is -2.33. The number of rotatable bonds is 31. The van der Waals surface area contributed by atoms with Crippen LogP contribution in [0.2, 0.25) is 0 Å². The number of nitrogens with two attached hydrogens (primary N) is 7. The topological polar surface area (TPSA) is 533 Å². The predicted octanol–water partition coefficient (Wildman–Crippen LogP) is -6.51. The first-order valence-electron chi connectivity index (χ1n) is 27.3. The molecule has 1 unspecified atom stereocenters. The fourth-order valence-electron chi connectivity index (χ4n) is 9.55. The maximum Gasteiger partial charge on any atom is 0.326 e. The summed E-state index contributed by atoms with van der Waals surface area (Å²) in [5.74, 6) is -9.02. The maximum atomic E-state index is 14.3. The summed E-state index contributed by atoms with van der Waals surface area (Å²) in [6.45, 7) is -2.06. The van der Waals surface area contributed by atoms with Crippen LogP contribution in [0.1, 0.15) is 62.7 Å². The number of nitrogens with zero attached hydrogens (tertiary/aromatic N) is 6. The number of carboxylic acid groups (broad SMARTS) is 1. The molecule has 2 fully saturated rings. The zero-order valence-electron chi connectivity index (χ0n) is 46.6. The van der Waals surface area contributed by atoms with Crippen molar-refractivity contribution in [3.8, 4) is 0 Å². The number of benzene rings is 1. The van der Waals surface area contributed by atoms with Crippen LogP contribution in [-0.4, -0.2) is 215 Å². The van der Waals surface area contributed by atoms with Crippen LogP contribution >= 0.6 is 23.1 Å². The number of β-amino-alcohol motifs (C(OH)–C–C–N with tert-alkyl or cyclic N) is 1. The van der Waals surface area contributed by atoms with Gasteiger partial charge in [-0.1, -0.05) is 18.2 Å². The van der Waals surface area contributed by atoms with E-state index < -0.39 is 133 Å². The van der Waals surface area contributed by atoms with E-state index in [0.717, 1.165) is 9.80 Å². The summed E-state index contributed by atoms with van der Waals surface area (Å²) in [4.78, 5) is 153. The Kier molecular flexibility index (Phi) is 26.4. The van der Waals surface area contributed by atoms with Gasteiger partial charge in [0, 0.05) is 61.1 Å². The summed E-state index contributed by atoms with van der Waals surface area (Å²) < 4.78 is 0. The van der Waals surface area contributed by atoms with E-state index in [1.54, 1.807) is 41.8 Å². The minimum absolute atomic E-state index is 0.0379. The van der Waals surface area contributed by atoms with Crippen LogP contribution in [0.5, 0.6) is 0 Å². The number of likely N-dealkylation sites (tertiary alicyclic amines) is 2. The number of thiophene rings is 1. The molecule has 1 aromatic heterocycles. The average molecular weight is 1230 g/mol. The van der Waals surface area contributed by atoms with Crippen molar-refractivity contribution in [1.82, 2.24) is 41.7 Å². The van der Waals surface area contributed by atoms with Crippen molar-refractivity contribution in [2.24, 2.45) is 55.1 Å². The third-order valence-electron chi connectivity index (χ3n) is 13.7. The van der Waals surface area contributed by atoms with E-state index in [-0.39, 0.29) is 108 Å². The van der Waals surface area contributed by atoms with Gasteiger partial charge in [0.25, 0.3) is 5.91 Å². The lowest BCUT2D eigenvalue weighted by molar-refractivity contribution is -0.148. The Morgan fingerprint density at radius 3 is 1.96 bits per heavy atom. The Morgan fingerprint density at radius 2 is 1.34 bits per heavy atom. The Morgan fingerprint density at radius 1 is 0.718 bits per heavy atom. The first-order chi connectivity index (χ1) is 40.5. The van der Waals surface area contributed by atoms with Crippen molar-refractivity contribution in [2.45, 2.75) is 124 Å². The number of carbonyl (C=O) groups excluding carboxylic acids is 9. The van der Waals surface area contributed by atoms with E-state index in [0.29, 0.717) is 28.3 Å². The number of hydrogen-bond donors (Lipinski definition) is 16. The standard InChI is InChI=1S/C51H77N19O13S2/c52-29(9-3-15-59-49(53)54)41(75)65-30(10-4-16-60-50(55)56)45(79)68-18-6-13-36(68)47(81)69-23-27(72)20-37(69)44(78)62-22-39(73)64-32(21-28-8-7-19-84-28)42(76)66-33(25-71)43(77)67-34-26-85-38-14-2-1-12-35(38)70(46(34)80)24-40(74)63-31(48(82)83)11-5-17-61-51(57)58/h1-2,7-8,12,14,19,27,29-34,36-37,71-72H,3-6,9-11,13,15-18,20-26,52H2,(H,62,78)(H,63,74)(H,64,73)(H,65,75)(H,66,76)(H,67,77)(H,82,83)(H4,53,54,59)(H4,55,56,60)(H4,57,58,61)/t27?,29-,30+,31+,32+,33+,34+,36+,37+/m1/s1. The molecule has 0 bridgehead atoms. The molecule has 3 aliphatic rings. The minimum atomic E-state index is -1.69. The Hall–Kier alpha value is -8.34. The molecule has 1 aromatic carbocycles. The molecule has 2 saturated heterocycles. The first-order valence-corrected chi connectivity index (χ1v) is 29.2. The van der Waals surface area contributed by atoms with E-state index >= 15 is 0 Å². The molecule has 9 amide bonds. The highest BCUT2D eigenvalue weighted by Crippen LogP contribution is 2.34. The van der Waals surface area contributed by atoms with Crippen LogP contribution in [0.25, 0.3) is 0 Å². The van der Waals surface area contributed by atoms with E-state index in [1.807, 2.05) is 0 Å². The van der Waals surface area contributed by atoms with Crippen molar-refractivity contribution in [1.29, 1.82) is 0 Å².